The van der Waals surface area contributed by atoms with Gasteiger partial charge in [0.1, 0.15) is 18.2 Å². The SMILES string of the molecule is NCc1cnn(CCOc2ccc(F)cc2)c1. The summed E-state index contributed by atoms with van der Waals surface area (Å²) >= 11 is 0. The highest BCUT2D eigenvalue weighted by atomic mass is 19.1. The lowest BCUT2D eigenvalue weighted by Gasteiger charge is -2.05. The van der Waals surface area contributed by atoms with Crippen LogP contribution < -0.4 is 10.5 Å². The lowest BCUT2D eigenvalue weighted by Crippen LogP contribution is -2.08. The summed E-state index contributed by atoms with van der Waals surface area (Å²) in [5.74, 6) is 0.384. The summed E-state index contributed by atoms with van der Waals surface area (Å²) in [6.07, 6.45) is 3.62. The highest BCUT2D eigenvalue weighted by Gasteiger charge is 1.98. The highest BCUT2D eigenvalue weighted by molar-refractivity contribution is 5.21. The predicted octanol–water partition coefficient (Wildman–Crippen LogP) is 1.56. The number of ether oxygens (including phenoxy) is 1. The van der Waals surface area contributed by atoms with E-state index < -0.39 is 0 Å². The van der Waals surface area contributed by atoms with E-state index >= 15 is 0 Å². The molecule has 17 heavy (non-hydrogen) atoms. The molecule has 0 fully saturated rings. The molecule has 90 valence electrons. The summed E-state index contributed by atoms with van der Waals surface area (Å²) in [6.45, 7) is 1.60. The van der Waals surface area contributed by atoms with Crippen LogP contribution in [0.3, 0.4) is 0 Å². The summed E-state index contributed by atoms with van der Waals surface area (Å²) in [5.41, 5.74) is 6.47. The molecule has 2 aromatic rings. The van der Waals surface area contributed by atoms with Crippen molar-refractivity contribution in [2.75, 3.05) is 6.61 Å². The molecule has 0 atom stereocenters. The molecule has 0 aliphatic carbocycles. The Balaban J connectivity index is 1.81. The number of aromatic nitrogens is 2. The molecule has 5 heteroatoms. The van der Waals surface area contributed by atoms with Crippen molar-refractivity contribution in [3.8, 4) is 5.75 Å². The minimum atomic E-state index is -0.267. The van der Waals surface area contributed by atoms with Crippen LogP contribution >= 0.6 is 0 Å². The maximum absolute atomic E-state index is 12.6. The van der Waals surface area contributed by atoms with Gasteiger partial charge in [-0.1, -0.05) is 0 Å². The van der Waals surface area contributed by atoms with E-state index in [0.717, 1.165) is 5.56 Å². The first-order valence-electron chi connectivity index (χ1n) is 5.37. The molecular weight excluding hydrogens is 221 g/mol. The second-order valence-electron chi connectivity index (χ2n) is 3.62. The second-order valence-corrected chi connectivity index (χ2v) is 3.62. The molecule has 0 saturated carbocycles. The van der Waals surface area contributed by atoms with Crippen LogP contribution in [0.5, 0.6) is 5.75 Å². The van der Waals surface area contributed by atoms with E-state index in [0.29, 0.717) is 25.4 Å². The molecule has 0 spiro atoms. The maximum Gasteiger partial charge on any atom is 0.123 e. The third-order valence-corrected chi connectivity index (χ3v) is 2.33. The number of nitrogens with zero attached hydrogens (tertiary/aromatic N) is 2. The van der Waals surface area contributed by atoms with Gasteiger partial charge in [0.2, 0.25) is 0 Å². The Kier molecular flexibility index (Phi) is 3.72. The Morgan fingerprint density at radius 3 is 2.71 bits per heavy atom. The summed E-state index contributed by atoms with van der Waals surface area (Å²) in [7, 11) is 0. The van der Waals surface area contributed by atoms with E-state index in [2.05, 4.69) is 5.10 Å². The van der Waals surface area contributed by atoms with Crippen molar-refractivity contribution in [2.45, 2.75) is 13.1 Å². The zero-order chi connectivity index (χ0) is 12.1. The van der Waals surface area contributed by atoms with Crippen LogP contribution in [0.1, 0.15) is 5.56 Å². The van der Waals surface area contributed by atoms with Crippen molar-refractivity contribution in [1.82, 2.24) is 9.78 Å². The van der Waals surface area contributed by atoms with Gasteiger partial charge in [-0.2, -0.15) is 5.10 Å². The molecule has 0 radical (unpaired) electrons. The minimum Gasteiger partial charge on any atom is -0.492 e. The topological polar surface area (TPSA) is 53.1 Å². The molecule has 0 aliphatic rings. The van der Waals surface area contributed by atoms with Crippen LogP contribution in [0.2, 0.25) is 0 Å². The summed E-state index contributed by atoms with van der Waals surface area (Å²) in [5, 5.41) is 4.13. The number of rotatable bonds is 5. The largest absolute Gasteiger partial charge is 0.492 e. The number of nitrogens with two attached hydrogens (primary N) is 1. The third-order valence-electron chi connectivity index (χ3n) is 2.33. The average molecular weight is 235 g/mol. The number of halogens is 1. The fourth-order valence-electron chi connectivity index (χ4n) is 1.42. The van der Waals surface area contributed by atoms with Crippen LogP contribution in [-0.4, -0.2) is 16.4 Å². The lowest BCUT2D eigenvalue weighted by atomic mass is 10.3. The maximum atomic E-state index is 12.6. The quantitative estimate of drug-likeness (QED) is 0.855. The molecule has 4 nitrogen and oxygen atoms in total. The molecule has 2 N–H and O–H groups in total. The van der Waals surface area contributed by atoms with Gasteiger partial charge < -0.3 is 10.5 Å². The average Bonchev–Trinajstić information content (AvgIpc) is 2.80. The van der Waals surface area contributed by atoms with Gasteiger partial charge in [-0.15, -0.1) is 0 Å². The molecule has 1 heterocycles. The Morgan fingerprint density at radius 2 is 2.06 bits per heavy atom. The Bertz CT molecular complexity index is 467. The van der Waals surface area contributed by atoms with Crippen molar-refractivity contribution < 1.29 is 9.13 Å². The fraction of sp³-hybridized carbons (Fsp3) is 0.250. The van der Waals surface area contributed by atoms with Crippen LogP contribution in [0.4, 0.5) is 4.39 Å². The van der Waals surface area contributed by atoms with Crippen LogP contribution in [-0.2, 0) is 13.1 Å². The zero-order valence-electron chi connectivity index (χ0n) is 9.34. The van der Waals surface area contributed by atoms with E-state index in [1.165, 1.54) is 12.1 Å². The van der Waals surface area contributed by atoms with E-state index in [-0.39, 0.29) is 5.82 Å². The lowest BCUT2D eigenvalue weighted by molar-refractivity contribution is 0.291. The van der Waals surface area contributed by atoms with Crippen molar-refractivity contribution >= 4 is 0 Å². The normalized spacial score (nSPS) is 10.5. The molecule has 1 aromatic carbocycles. The predicted molar refractivity (Wildman–Crippen MR) is 62.0 cm³/mol. The first-order chi connectivity index (χ1) is 8.28. The molecule has 2 rings (SSSR count). The second kappa shape index (κ2) is 5.45. The van der Waals surface area contributed by atoms with E-state index in [1.807, 2.05) is 6.20 Å². The van der Waals surface area contributed by atoms with Gasteiger partial charge in [0.05, 0.1) is 12.7 Å². The molecular formula is C12H14FN3O. The number of hydrogen-bond donors (Lipinski definition) is 1. The van der Waals surface area contributed by atoms with E-state index in [1.54, 1.807) is 23.0 Å². The Labute approximate surface area is 98.8 Å². The summed E-state index contributed by atoms with van der Waals surface area (Å²) in [4.78, 5) is 0. The fourth-order valence-corrected chi connectivity index (χ4v) is 1.42. The summed E-state index contributed by atoms with van der Waals surface area (Å²) < 4.78 is 19.9. The smallest absolute Gasteiger partial charge is 0.123 e. The van der Waals surface area contributed by atoms with Crippen molar-refractivity contribution in [3.63, 3.8) is 0 Å². The first-order valence-corrected chi connectivity index (χ1v) is 5.37. The van der Waals surface area contributed by atoms with E-state index in [9.17, 15) is 4.39 Å². The Hall–Kier alpha value is -1.88. The first kappa shape index (κ1) is 11.6. The molecule has 0 unspecified atom stereocenters. The van der Waals surface area contributed by atoms with Gasteiger partial charge in [-0.25, -0.2) is 4.39 Å². The van der Waals surface area contributed by atoms with Gasteiger partial charge in [-0.05, 0) is 24.3 Å². The molecule has 0 saturated heterocycles. The minimum absolute atomic E-state index is 0.267. The summed E-state index contributed by atoms with van der Waals surface area (Å²) in [6, 6.07) is 5.94. The van der Waals surface area contributed by atoms with Crippen molar-refractivity contribution in [2.24, 2.45) is 5.73 Å². The van der Waals surface area contributed by atoms with Crippen LogP contribution in [0.25, 0.3) is 0 Å². The molecule has 1 aromatic heterocycles. The van der Waals surface area contributed by atoms with Crippen LogP contribution in [0, 0.1) is 5.82 Å². The standard InChI is InChI=1S/C12H14FN3O/c13-11-1-3-12(4-2-11)17-6-5-16-9-10(7-14)8-15-16/h1-4,8-9H,5-7,14H2. The van der Waals surface area contributed by atoms with Gasteiger partial charge >= 0.3 is 0 Å². The highest BCUT2D eigenvalue weighted by Crippen LogP contribution is 2.10. The molecule has 0 bridgehead atoms. The Morgan fingerprint density at radius 1 is 1.29 bits per heavy atom. The monoisotopic (exact) mass is 235 g/mol. The van der Waals surface area contributed by atoms with Crippen LogP contribution in [0.15, 0.2) is 36.7 Å². The van der Waals surface area contributed by atoms with Crippen molar-refractivity contribution in [1.29, 1.82) is 0 Å². The molecule has 0 aliphatic heterocycles. The number of benzene rings is 1. The van der Waals surface area contributed by atoms with Gasteiger partial charge in [0.25, 0.3) is 0 Å². The van der Waals surface area contributed by atoms with Gasteiger partial charge in [-0.3, -0.25) is 4.68 Å². The van der Waals surface area contributed by atoms with Gasteiger partial charge in [0, 0.05) is 18.3 Å². The molecule has 0 amide bonds. The number of hydrogen-bond acceptors (Lipinski definition) is 3. The van der Waals surface area contributed by atoms with Crippen molar-refractivity contribution in [3.05, 3.63) is 48.0 Å². The zero-order valence-corrected chi connectivity index (χ0v) is 9.34. The third kappa shape index (κ3) is 3.29. The van der Waals surface area contributed by atoms with E-state index in [4.69, 9.17) is 10.5 Å². The van der Waals surface area contributed by atoms with Gasteiger partial charge in [0.15, 0.2) is 0 Å².